The third-order valence-corrected chi connectivity index (χ3v) is 3.32. The van der Waals surface area contributed by atoms with Crippen LogP contribution in [0.3, 0.4) is 0 Å². The van der Waals surface area contributed by atoms with Crippen molar-refractivity contribution in [2.45, 2.75) is 25.8 Å². The molecule has 0 aliphatic rings. The third-order valence-electron chi connectivity index (χ3n) is 3.32. The van der Waals surface area contributed by atoms with E-state index in [9.17, 15) is 4.79 Å². The number of nitrogens with one attached hydrogen (secondary N) is 1. The fourth-order valence-electron chi connectivity index (χ4n) is 2.32. The van der Waals surface area contributed by atoms with Gasteiger partial charge in [0.2, 0.25) is 0 Å². The molecule has 3 N–H and O–H groups in total. The smallest absolute Gasteiger partial charge is 0.270 e. The van der Waals surface area contributed by atoms with Crippen molar-refractivity contribution < 1.29 is 9.53 Å². The zero-order valence-electron chi connectivity index (χ0n) is 12.4. The van der Waals surface area contributed by atoms with Crippen LogP contribution in [-0.2, 0) is 4.74 Å². The standard InChI is InChI=1S/C16H21N3O2/c1-3-6-11(10-21-2)18-16(20)15-9-13(17)12-7-4-5-8-14(12)19-15/h4-5,7-9,11H,3,6,10H2,1-2H3,(H2,17,19)(H,18,20). The minimum absolute atomic E-state index is 0.0120. The van der Waals surface area contributed by atoms with Crippen LogP contribution in [0.15, 0.2) is 30.3 Å². The van der Waals surface area contributed by atoms with E-state index in [0.29, 0.717) is 18.0 Å². The summed E-state index contributed by atoms with van der Waals surface area (Å²) in [6.07, 6.45) is 1.84. The minimum atomic E-state index is -0.219. The van der Waals surface area contributed by atoms with E-state index in [1.54, 1.807) is 13.2 Å². The number of hydrogen-bond acceptors (Lipinski definition) is 4. The van der Waals surface area contributed by atoms with Gasteiger partial charge in [0, 0.05) is 18.2 Å². The number of methoxy groups -OCH3 is 1. The Kier molecular flexibility index (Phi) is 5.11. The molecular formula is C16H21N3O2. The molecule has 0 spiro atoms. The van der Waals surface area contributed by atoms with E-state index in [0.717, 1.165) is 23.7 Å². The molecule has 21 heavy (non-hydrogen) atoms. The summed E-state index contributed by atoms with van der Waals surface area (Å²) >= 11 is 0. The van der Waals surface area contributed by atoms with Gasteiger partial charge in [-0.2, -0.15) is 0 Å². The first-order chi connectivity index (χ1) is 10.2. The van der Waals surface area contributed by atoms with Gasteiger partial charge < -0.3 is 15.8 Å². The van der Waals surface area contributed by atoms with Gasteiger partial charge >= 0.3 is 0 Å². The summed E-state index contributed by atoms with van der Waals surface area (Å²) in [6.45, 7) is 2.56. The Morgan fingerprint density at radius 2 is 2.19 bits per heavy atom. The second-order valence-corrected chi connectivity index (χ2v) is 5.03. The zero-order valence-corrected chi connectivity index (χ0v) is 12.4. The molecule has 0 aliphatic carbocycles. The van der Waals surface area contributed by atoms with Crippen molar-refractivity contribution in [1.82, 2.24) is 10.3 Å². The number of anilines is 1. The molecule has 0 radical (unpaired) electrons. The van der Waals surface area contributed by atoms with Crippen molar-refractivity contribution in [3.63, 3.8) is 0 Å². The second-order valence-electron chi connectivity index (χ2n) is 5.03. The van der Waals surface area contributed by atoms with E-state index in [4.69, 9.17) is 10.5 Å². The van der Waals surface area contributed by atoms with Crippen LogP contribution in [0.4, 0.5) is 5.69 Å². The molecule has 0 fully saturated rings. The van der Waals surface area contributed by atoms with Crippen molar-refractivity contribution >= 4 is 22.5 Å². The van der Waals surface area contributed by atoms with Gasteiger partial charge in [0.15, 0.2) is 0 Å². The quantitative estimate of drug-likeness (QED) is 0.855. The first-order valence-electron chi connectivity index (χ1n) is 7.10. The Morgan fingerprint density at radius 3 is 2.90 bits per heavy atom. The Labute approximate surface area is 124 Å². The molecule has 2 aromatic rings. The summed E-state index contributed by atoms with van der Waals surface area (Å²) in [5.74, 6) is -0.219. The van der Waals surface area contributed by atoms with Crippen LogP contribution in [0.2, 0.25) is 0 Å². The number of pyridine rings is 1. The van der Waals surface area contributed by atoms with Crippen LogP contribution in [0, 0.1) is 0 Å². The predicted molar refractivity (Wildman–Crippen MR) is 84.2 cm³/mol. The number of benzene rings is 1. The summed E-state index contributed by atoms with van der Waals surface area (Å²) in [6, 6.07) is 9.12. The molecule has 5 nitrogen and oxygen atoms in total. The number of rotatable bonds is 6. The van der Waals surface area contributed by atoms with Gasteiger partial charge in [0.25, 0.3) is 5.91 Å². The van der Waals surface area contributed by atoms with Gasteiger partial charge in [0.05, 0.1) is 18.2 Å². The number of para-hydroxylation sites is 1. The second kappa shape index (κ2) is 7.04. The summed E-state index contributed by atoms with van der Waals surface area (Å²) < 4.78 is 5.13. The van der Waals surface area contributed by atoms with Gasteiger partial charge in [-0.25, -0.2) is 4.98 Å². The van der Waals surface area contributed by atoms with Crippen molar-refractivity contribution in [1.29, 1.82) is 0 Å². The Hall–Kier alpha value is -2.14. The van der Waals surface area contributed by atoms with Crippen LogP contribution in [0.1, 0.15) is 30.3 Å². The van der Waals surface area contributed by atoms with Crippen molar-refractivity contribution in [3.05, 3.63) is 36.0 Å². The van der Waals surface area contributed by atoms with Crippen LogP contribution in [-0.4, -0.2) is 30.6 Å². The number of nitrogen functional groups attached to an aromatic ring is 1. The zero-order chi connectivity index (χ0) is 15.2. The number of nitrogens with zero attached hydrogens (tertiary/aromatic N) is 1. The van der Waals surface area contributed by atoms with Gasteiger partial charge in [0.1, 0.15) is 5.69 Å². The molecular weight excluding hydrogens is 266 g/mol. The molecule has 112 valence electrons. The van der Waals surface area contributed by atoms with Crippen LogP contribution >= 0.6 is 0 Å². The van der Waals surface area contributed by atoms with Gasteiger partial charge in [-0.15, -0.1) is 0 Å². The van der Waals surface area contributed by atoms with Crippen LogP contribution in [0.5, 0.6) is 0 Å². The highest BCUT2D eigenvalue weighted by atomic mass is 16.5. The van der Waals surface area contributed by atoms with E-state index in [2.05, 4.69) is 17.2 Å². The average molecular weight is 287 g/mol. The molecule has 0 saturated heterocycles. The van der Waals surface area contributed by atoms with Gasteiger partial charge in [-0.3, -0.25) is 4.79 Å². The number of hydrogen-bond donors (Lipinski definition) is 2. The maximum atomic E-state index is 12.3. The minimum Gasteiger partial charge on any atom is -0.398 e. The Morgan fingerprint density at radius 1 is 1.43 bits per heavy atom. The van der Waals surface area contributed by atoms with E-state index in [1.807, 2.05) is 24.3 Å². The Bertz CT molecular complexity index is 622. The number of aromatic nitrogens is 1. The lowest BCUT2D eigenvalue weighted by atomic mass is 10.1. The molecule has 1 atom stereocenters. The first kappa shape index (κ1) is 15.3. The van der Waals surface area contributed by atoms with Crippen molar-refractivity contribution in [3.8, 4) is 0 Å². The highest BCUT2D eigenvalue weighted by molar-refractivity contribution is 5.99. The number of carbonyl (C=O) groups is 1. The number of fused-ring (bicyclic) bond motifs is 1. The first-order valence-corrected chi connectivity index (χ1v) is 7.10. The molecule has 0 saturated carbocycles. The summed E-state index contributed by atoms with van der Waals surface area (Å²) in [5.41, 5.74) is 7.62. The summed E-state index contributed by atoms with van der Waals surface area (Å²) in [5, 5.41) is 3.80. The SMILES string of the molecule is CCCC(COC)NC(=O)c1cc(N)c2ccccc2n1. The number of ether oxygens (including phenoxy) is 1. The van der Waals surface area contributed by atoms with Crippen LogP contribution < -0.4 is 11.1 Å². The highest BCUT2D eigenvalue weighted by Gasteiger charge is 2.15. The predicted octanol–water partition coefficient (Wildman–Crippen LogP) is 2.36. The van der Waals surface area contributed by atoms with Gasteiger partial charge in [-0.05, 0) is 18.6 Å². The summed E-state index contributed by atoms with van der Waals surface area (Å²) in [7, 11) is 1.63. The fourth-order valence-corrected chi connectivity index (χ4v) is 2.32. The lowest BCUT2D eigenvalue weighted by molar-refractivity contribution is 0.0887. The summed E-state index contributed by atoms with van der Waals surface area (Å²) in [4.78, 5) is 16.7. The topological polar surface area (TPSA) is 77.2 Å². The van der Waals surface area contributed by atoms with E-state index < -0.39 is 0 Å². The largest absolute Gasteiger partial charge is 0.398 e. The molecule has 1 aromatic carbocycles. The van der Waals surface area contributed by atoms with Crippen molar-refractivity contribution in [2.75, 3.05) is 19.5 Å². The molecule has 1 unspecified atom stereocenters. The maximum Gasteiger partial charge on any atom is 0.270 e. The molecule has 0 aliphatic heterocycles. The molecule has 5 heteroatoms. The molecule has 0 bridgehead atoms. The number of amides is 1. The molecule has 2 rings (SSSR count). The molecule has 1 amide bonds. The average Bonchev–Trinajstić information content (AvgIpc) is 2.47. The lowest BCUT2D eigenvalue weighted by Gasteiger charge is -2.17. The van der Waals surface area contributed by atoms with Gasteiger partial charge in [-0.1, -0.05) is 31.5 Å². The highest BCUT2D eigenvalue weighted by Crippen LogP contribution is 2.20. The number of nitrogens with two attached hydrogens (primary N) is 1. The lowest BCUT2D eigenvalue weighted by Crippen LogP contribution is -2.38. The molecule has 1 aromatic heterocycles. The third kappa shape index (κ3) is 3.70. The van der Waals surface area contributed by atoms with E-state index in [1.165, 1.54) is 0 Å². The number of carbonyl (C=O) groups excluding carboxylic acids is 1. The fraction of sp³-hybridized carbons (Fsp3) is 0.375. The van der Waals surface area contributed by atoms with Crippen molar-refractivity contribution in [2.24, 2.45) is 0 Å². The molecule has 1 heterocycles. The monoisotopic (exact) mass is 287 g/mol. The Balaban J connectivity index is 2.22. The van der Waals surface area contributed by atoms with Crippen LogP contribution in [0.25, 0.3) is 10.9 Å². The van der Waals surface area contributed by atoms with E-state index in [-0.39, 0.29) is 11.9 Å². The maximum absolute atomic E-state index is 12.3. The van der Waals surface area contributed by atoms with E-state index >= 15 is 0 Å². The normalized spacial score (nSPS) is 12.3.